The summed E-state index contributed by atoms with van der Waals surface area (Å²) in [7, 11) is 0. The second-order valence-corrected chi connectivity index (χ2v) is 6.69. The van der Waals surface area contributed by atoms with Crippen molar-refractivity contribution in [2.75, 3.05) is 10.6 Å². The predicted molar refractivity (Wildman–Crippen MR) is 93.7 cm³/mol. The number of carbonyl (C=O) groups excluding carboxylic acids is 1. The van der Waals surface area contributed by atoms with Gasteiger partial charge in [-0.15, -0.1) is 0 Å². The van der Waals surface area contributed by atoms with Crippen molar-refractivity contribution in [3.63, 3.8) is 0 Å². The summed E-state index contributed by atoms with van der Waals surface area (Å²) in [6, 6.07) is 4.53. The highest BCUT2D eigenvalue weighted by Crippen LogP contribution is 2.32. The molecule has 0 bridgehead atoms. The van der Waals surface area contributed by atoms with E-state index in [1.54, 1.807) is 18.2 Å². The molecule has 1 aromatic heterocycles. The number of benzene rings is 1. The number of hydrogen-bond acceptors (Lipinski definition) is 3. The Labute approximate surface area is 145 Å². The average Bonchev–Trinajstić information content (AvgIpc) is 2.86. The molecule has 7 heteroatoms. The molecule has 0 saturated carbocycles. The smallest absolute Gasteiger partial charge is 0.326 e. The van der Waals surface area contributed by atoms with Gasteiger partial charge in [-0.3, -0.25) is 5.32 Å². The zero-order chi connectivity index (χ0) is 17.2. The Kier molecular flexibility index (Phi) is 5.22. The fraction of sp³-hybridized carbons (Fsp3) is 0.375. The Morgan fingerprint density at radius 2 is 2.00 bits per heavy atom. The number of aromatic nitrogens is 1. The van der Waals surface area contributed by atoms with E-state index in [1.165, 1.54) is 0 Å². The van der Waals surface area contributed by atoms with Crippen molar-refractivity contribution in [2.24, 2.45) is 0 Å². The van der Waals surface area contributed by atoms with E-state index in [1.807, 2.05) is 6.92 Å². The SMILES string of the molecule is CCC(C)(C)c1noc(NC(=O)Nc2cccc(Cl)c2Cl)c1C. The maximum absolute atomic E-state index is 12.1. The maximum Gasteiger partial charge on any atom is 0.326 e. The molecule has 0 aliphatic carbocycles. The lowest BCUT2D eigenvalue weighted by Crippen LogP contribution is -2.20. The van der Waals surface area contributed by atoms with Crippen LogP contribution in [-0.4, -0.2) is 11.2 Å². The summed E-state index contributed by atoms with van der Waals surface area (Å²) >= 11 is 12.0. The lowest BCUT2D eigenvalue weighted by Gasteiger charge is -2.19. The van der Waals surface area contributed by atoms with Gasteiger partial charge in [-0.05, 0) is 25.5 Å². The molecule has 0 saturated heterocycles. The molecule has 5 nitrogen and oxygen atoms in total. The molecule has 0 radical (unpaired) electrons. The molecule has 2 N–H and O–H groups in total. The second kappa shape index (κ2) is 6.81. The first-order valence-corrected chi connectivity index (χ1v) is 8.00. The Hall–Kier alpha value is -1.72. The monoisotopic (exact) mass is 355 g/mol. The highest BCUT2D eigenvalue weighted by Gasteiger charge is 2.27. The van der Waals surface area contributed by atoms with E-state index in [-0.39, 0.29) is 10.4 Å². The van der Waals surface area contributed by atoms with Gasteiger partial charge >= 0.3 is 6.03 Å². The van der Waals surface area contributed by atoms with E-state index in [0.717, 1.165) is 17.7 Å². The average molecular weight is 356 g/mol. The van der Waals surface area contributed by atoms with Gasteiger partial charge < -0.3 is 9.84 Å². The van der Waals surface area contributed by atoms with Gasteiger partial charge in [0.1, 0.15) is 0 Å². The Bertz CT molecular complexity index is 726. The maximum atomic E-state index is 12.1. The summed E-state index contributed by atoms with van der Waals surface area (Å²) in [5.74, 6) is 0.317. The summed E-state index contributed by atoms with van der Waals surface area (Å²) in [5, 5.41) is 10.0. The normalized spacial score (nSPS) is 11.4. The zero-order valence-corrected chi connectivity index (χ0v) is 15.0. The van der Waals surface area contributed by atoms with Crippen molar-refractivity contribution >= 4 is 40.8 Å². The summed E-state index contributed by atoms with van der Waals surface area (Å²) in [6.45, 7) is 8.10. The fourth-order valence-electron chi connectivity index (χ4n) is 2.11. The molecule has 0 unspecified atom stereocenters. The van der Waals surface area contributed by atoms with Crippen LogP contribution in [0, 0.1) is 6.92 Å². The number of urea groups is 1. The number of hydrogen-bond donors (Lipinski definition) is 2. The Balaban J connectivity index is 2.14. The summed E-state index contributed by atoms with van der Waals surface area (Å²) < 4.78 is 5.26. The van der Waals surface area contributed by atoms with E-state index in [9.17, 15) is 4.79 Å². The molecule has 2 rings (SSSR count). The third-order valence-electron chi connectivity index (χ3n) is 3.88. The third-order valence-corrected chi connectivity index (χ3v) is 4.69. The summed E-state index contributed by atoms with van der Waals surface area (Å²) in [5.41, 5.74) is 1.93. The van der Waals surface area contributed by atoms with Gasteiger partial charge in [0.2, 0.25) is 5.88 Å². The quantitative estimate of drug-likeness (QED) is 0.747. The first-order valence-electron chi connectivity index (χ1n) is 7.25. The van der Waals surface area contributed by atoms with E-state index in [4.69, 9.17) is 27.7 Å². The van der Waals surface area contributed by atoms with E-state index in [0.29, 0.717) is 16.6 Å². The van der Waals surface area contributed by atoms with Gasteiger partial charge in [0.15, 0.2) is 0 Å². The lowest BCUT2D eigenvalue weighted by atomic mass is 9.84. The molecular weight excluding hydrogens is 337 g/mol. The molecule has 0 spiro atoms. The van der Waals surface area contributed by atoms with E-state index < -0.39 is 6.03 Å². The lowest BCUT2D eigenvalue weighted by molar-refractivity contribution is 0.261. The van der Waals surface area contributed by atoms with Crippen LogP contribution in [0.4, 0.5) is 16.4 Å². The number of anilines is 2. The van der Waals surface area contributed by atoms with Crippen LogP contribution >= 0.6 is 23.2 Å². The van der Waals surface area contributed by atoms with Crippen LogP contribution in [0.5, 0.6) is 0 Å². The first-order chi connectivity index (χ1) is 10.8. The van der Waals surface area contributed by atoms with Crippen molar-refractivity contribution in [3.05, 3.63) is 39.5 Å². The van der Waals surface area contributed by atoms with Crippen molar-refractivity contribution in [2.45, 2.75) is 39.5 Å². The van der Waals surface area contributed by atoms with Crippen LogP contribution in [0.2, 0.25) is 10.0 Å². The molecule has 23 heavy (non-hydrogen) atoms. The van der Waals surface area contributed by atoms with Gasteiger partial charge in [0.05, 0.1) is 21.4 Å². The van der Waals surface area contributed by atoms with Gasteiger partial charge in [0.25, 0.3) is 0 Å². The van der Waals surface area contributed by atoms with E-state index in [2.05, 4.69) is 36.6 Å². The van der Waals surface area contributed by atoms with Crippen LogP contribution in [0.3, 0.4) is 0 Å². The summed E-state index contributed by atoms with van der Waals surface area (Å²) in [6.07, 6.45) is 0.907. The number of nitrogens with zero attached hydrogens (tertiary/aromatic N) is 1. The number of halogens is 2. The molecule has 0 atom stereocenters. The molecule has 1 heterocycles. The Morgan fingerprint density at radius 1 is 1.30 bits per heavy atom. The minimum Gasteiger partial charge on any atom is -0.338 e. The number of amides is 2. The van der Waals surface area contributed by atoms with Crippen LogP contribution in [-0.2, 0) is 5.41 Å². The highest BCUT2D eigenvalue weighted by atomic mass is 35.5. The van der Waals surface area contributed by atoms with Crippen LogP contribution < -0.4 is 10.6 Å². The zero-order valence-electron chi connectivity index (χ0n) is 13.5. The first kappa shape index (κ1) is 17.6. The standard InChI is InChI=1S/C16H19Cl2N3O2/c1-5-16(3,4)13-9(2)14(23-21-13)20-15(22)19-11-8-6-7-10(17)12(11)18/h6-8H,5H2,1-4H3,(H2,19,20,22). The van der Waals surface area contributed by atoms with Crippen LogP contribution in [0.15, 0.2) is 22.7 Å². The molecule has 0 aliphatic heterocycles. The van der Waals surface area contributed by atoms with Gasteiger partial charge in [-0.2, -0.15) is 0 Å². The number of carbonyl (C=O) groups is 1. The fourth-order valence-corrected chi connectivity index (χ4v) is 2.46. The number of nitrogens with one attached hydrogen (secondary N) is 2. The minimum absolute atomic E-state index is 0.125. The van der Waals surface area contributed by atoms with Gasteiger partial charge in [-0.1, -0.05) is 55.2 Å². The molecular formula is C16H19Cl2N3O2. The molecule has 2 aromatic rings. The minimum atomic E-state index is -0.478. The predicted octanol–water partition coefficient (Wildman–Crippen LogP) is 5.62. The van der Waals surface area contributed by atoms with Gasteiger partial charge in [0, 0.05) is 11.0 Å². The van der Waals surface area contributed by atoms with Crippen molar-refractivity contribution < 1.29 is 9.32 Å². The van der Waals surface area contributed by atoms with E-state index >= 15 is 0 Å². The Morgan fingerprint density at radius 3 is 2.65 bits per heavy atom. The summed E-state index contributed by atoms with van der Waals surface area (Å²) in [4.78, 5) is 12.1. The molecule has 0 fully saturated rings. The molecule has 124 valence electrons. The van der Waals surface area contributed by atoms with Crippen molar-refractivity contribution in [3.8, 4) is 0 Å². The molecule has 1 aromatic carbocycles. The topological polar surface area (TPSA) is 67.2 Å². The van der Waals surface area contributed by atoms with Crippen molar-refractivity contribution in [1.82, 2.24) is 5.16 Å². The third kappa shape index (κ3) is 3.79. The van der Waals surface area contributed by atoms with Gasteiger partial charge in [-0.25, -0.2) is 4.79 Å². The van der Waals surface area contributed by atoms with Crippen LogP contribution in [0.1, 0.15) is 38.4 Å². The largest absolute Gasteiger partial charge is 0.338 e. The van der Waals surface area contributed by atoms with Crippen LogP contribution in [0.25, 0.3) is 0 Å². The highest BCUT2D eigenvalue weighted by molar-refractivity contribution is 6.44. The van der Waals surface area contributed by atoms with Crippen molar-refractivity contribution in [1.29, 1.82) is 0 Å². The molecule has 0 aliphatic rings. The second-order valence-electron chi connectivity index (χ2n) is 5.90. The number of rotatable bonds is 4. The molecule has 2 amide bonds.